The molecule has 0 bridgehead atoms. The van der Waals surface area contributed by atoms with Gasteiger partial charge in [0, 0.05) is 0 Å². The van der Waals surface area contributed by atoms with Crippen molar-refractivity contribution in [2.45, 2.75) is 50.8 Å². The predicted octanol–water partition coefficient (Wildman–Crippen LogP) is 3.89. The summed E-state index contributed by atoms with van der Waals surface area (Å²) in [5.41, 5.74) is 1.35. The van der Waals surface area contributed by atoms with E-state index in [2.05, 4.69) is 19.9 Å². The van der Waals surface area contributed by atoms with Crippen LogP contribution in [-0.4, -0.2) is 4.87 Å². The van der Waals surface area contributed by atoms with Crippen molar-refractivity contribution < 1.29 is 0 Å². The van der Waals surface area contributed by atoms with Crippen LogP contribution in [0.2, 0.25) is 0 Å². The van der Waals surface area contributed by atoms with Gasteiger partial charge in [0.15, 0.2) is 0 Å². The van der Waals surface area contributed by atoms with E-state index >= 15 is 0 Å². The minimum absolute atomic E-state index is 0.0110. The highest BCUT2D eigenvalue weighted by atomic mass is 35.5. The highest BCUT2D eigenvalue weighted by Crippen LogP contribution is 2.35. The molecule has 0 aromatic heterocycles. The first-order chi connectivity index (χ1) is 5.12. The third kappa shape index (κ3) is 2.86. The van der Waals surface area contributed by atoms with Crippen LogP contribution in [0, 0.1) is 0 Å². The third-order valence-corrected chi connectivity index (χ3v) is 2.72. The van der Waals surface area contributed by atoms with Crippen molar-refractivity contribution in [3.8, 4) is 0 Å². The summed E-state index contributed by atoms with van der Waals surface area (Å²) in [6.07, 6.45) is 8.53. The topological polar surface area (TPSA) is 0 Å². The fourth-order valence-corrected chi connectivity index (χ4v) is 2.29. The van der Waals surface area contributed by atoms with Crippen LogP contribution < -0.4 is 0 Å². The maximum Gasteiger partial charge on any atom is 0.0628 e. The van der Waals surface area contributed by atoms with E-state index in [-0.39, 0.29) is 4.87 Å². The Morgan fingerprint density at radius 2 is 1.73 bits per heavy atom. The van der Waals surface area contributed by atoms with Crippen LogP contribution in [0.15, 0.2) is 11.6 Å². The van der Waals surface area contributed by atoms with Gasteiger partial charge >= 0.3 is 0 Å². The van der Waals surface area contributed by atoms with E-state index in [0.717, 1.165) is 0 Å². The van der Waals surface area contributed by atoms with Crippen molar-refractivity contribution in [3.05, 3.63) is 11.6 Å². The third-order valence-electron chi connectivity index (χ3n) is 2.23. The van der Waals surface area contributed by atoms with Crippen LogP contribution in [0.1, 0.15) is 46.0 Å². The molecule has 1 aliphatic rings. The lowest BCUT2D eigenvalue weighted by atomic mass is 9.87. The van der Waals surface area contributed by atoms with Gasteiger partial charge in [0.1, 0.15) is 0 Å². The molecule has 11 heavy (non-hydrogen) atoms. The first kappa shape index (κ1) is 9.12. The second kappa shape index (κ2) is 3.62. The molecule has 0 unspecified atom stereocenters. The molecule has 0 aromatic rings. The molecule has 0 amide bonds. The molecule has 0 aromatic carbocycles. The molecule has 0 saturated heterocycles. The molecule has 64 valence electrons. The smallest absolute Gasteiger partial charge is 0.0628 e. The largest absolute Gasteiger partial charge is 0.115 e. The number of hydrogen-bond donors (Lipinski definition) is 0. The normalized spacial score (nSPS) is 22.8. The number of alkyl halides is 1. The molecule has 0 nitrogen and oxygen atoms in total. The molecule has 0 N–H and O–H groups in total. The molecule has 0 radical (unpaired) electrons. The van der Waals surface area contributed by atoms with Gasteiger partial charge in [0.05, 0.1) is 4.87 Å². The Morgan fingerprint density at radius 3 is 2.18 bits per heavy atom. The number of allylic oxidation sites excluding steroid dienone is 2. The summed E-state index contributed by atoms with van der Waals surface area (Å²) in [7, 11) is 0. The molecule has 0 heterocycles. The highest BCUT2D eigenvalue weighted by molar-refractivity contribution is 6.25. The molecule has 0 spiro atoms. The molecule has 1 saturated carbocycles. The van der Waals surface area contributed by atoms with Crippen molar-refractivity contribution in [2.75, 3.05) is 0 Å². The molecule has 1 heteroatoms. The Morgan fingerprint density at radius 1 is 1.18 bits per heavy atom. The Kier molecular flexibility index (Phi) is 3.00. The Hall–Kier alpha value is 0.0300. The minimum atomic E-state index is 0.0110. The average molecular weight is 173 g/mol. The van der Waals surface area contributed by atoms with Gasteiger partial charge in [-0.05, 0) is 26.7 Å². The second-order valence-electron chi connectivity index (χ2n) is 3.82. The van der Waals surface area contributed by atoms with Crippen LogP contribution >= 0.6 is 11.6 Å². The maximum atomic E-state index is 6.39. The van der Waals surface area contributed by atoms with E-state index in [1.54, 1.807) is 0 Å². The number of halogens is 1. The molecule has 1 aliphatic carbocycles. The molecule has 0 aliphatic heterocycles. The van der Waals surface area contributed by atoms with Gasteiger partial charge in [-0.2, -0.15) is 0 Å². The van der Waals surface area contributed by atoms with E-state index in [1.807, 2.05) is 0 Å². The predicted molar refractivity (Wildman–Crippen MR) is 51.1 cm³/mol. The zero-order valence-electron chi connectivity index (χ0n) is 7.49. The SMILES string of the molecule is CC(C)=CC1(Cl)CCCCC1. The summed E-state index contributed by atoms with van der Waals surface area (Å²) in [5.74, 6) is 0. The Labute approximate surface area is 74.6 Å². The maximum absolute atomic E-state index is 6.39. The fraction of sp³-hybridized carbons (Fsp3) is 0.800. The highest BCUT2D eigenvalue weighted by Gasteiger charge is 2.26. The summed E-state index contributed by atoms with van der Waals surface area (Å²) in [6.45, 7) is 4.25. The van der Waals surface area contributed by atoms with Crippen molar-refractivity contribution in [3.63, 3.8) is 0 Å². The monoisotopic (exact) mass is 172 g/mol. The van der Waals surface area contributed by atoms with E-state index in [1.165, 1.54) is 37.7 Å². The van der Waals surface area contributed by atoms with Crippen LogP contribution in [0.3, 0.4) is 0 Å². The number of rotatable bonds is 1. The lowest BCUT2D eigenvalue weighted by Gasteiger charge is -2.28. The van der Waals surface area contributed by atoms with Gasteiger partial charge < -0.3 is 0 Å². The Balaban J connectivity index is 2.57. The van der Waals surface area contributed by atoms with Crippen molar-refractivity contribution in [1.29, 1.82) is 0 Å². The van der Waals surface area contributed by atoms with E-state index < -0.39 is 0 Å². The van der Waals surface area contributed by atoms with Gasteiger partial charge in [-0.25, -0.2) is 0 Å². The minimum Gasteiger partial charge on any atom is -0.115 e. The van der Waals surface area contributed by atoms with Crippen molar-refractivity contribution >= 4 is 11.6 Å². The second-order valence-corrected chi connectivity index (χ2v) is 4.57. The molecular weight excluding hydrogens is 156 g/mol. The van der Waals surface area contributed by atoms with E-state index in [4.69, 9.17) is 11.6 Å². The quantitative estimate of drug-likeness (QED) is 0.416. The Bertz CT molecular complexity index is 148. The van der Waals surface area contributed by atoms with Gasteiger partial charge in [-0.3, -0.25) is 0 Å². The molecular formula is C10H17Cl. The van der Waals surface area contributed by atoms with Crippen LogP contribution in [-0.2, 0) is 0 Å². The molecule has 1 fully saturated rings. The van der Waals surface area contributed by atoms with Crippen LogP contribution in [0.5, 0.6) is 0 Å². The van der Waals surface area contributed by atoms with Crippen LogP contribution in [0.25, 0.3) is 0 Å². The average Bonchev–Trinajstić information content (AvgIpc) is 1.85. The summed E-state index contributed by atoms with van der Waals surface area (Å²) in [5, 5.41) is 0. The summed E-state index contributed by atoms with van der Waals surface area (Å²) in [4.78, 5) is 0.0110. The van der Waals surface area contributed by atoms with Crippen molar-refractivity contribution in [1.82, 2.24) is 0 Å². The summed E-state index contributed by atoms with van der Waals surface area (Å²) >= 11 is 6.39. The lowest BCUT2D eigenvalue weighted by molar-refractivity contribution is 0.444. The number of hydrogen-bond acceptors (Lipinski definition) is 0. The zero-order chi connectivity index (χ0) is 8.32. The molecule has 0 atom stereocenters. The first-order valence-electron chi connectivity index (χ1n) is 4.47. The van der Waals surface area contributed by atoms with Gasteiger partial charge in [-0.1, -0.05) is 30.9 Å². The summed E-state index contributed by atoms with van der Waals surface area (Å²) in [6, 6.07) is 0. The lowest BCUT2D eigenvalue weighted by Crippen LogP contribution is -2.21. The first-order valence-corrected chi connectivity index (χ1v) is 4.85. The van der Waals surface area contributed by atoms with E-state index in [9.17, 15) is 0 Å². The van der Waals surface area contributed by atoms with Crippen LogP contribution in [0.4, 0.5) is 0 Å². The fourth-order valence-electron chi connectivity index (χ4n) is 1.80. The van der Waals surface area contributed by atoms with Gasteiger partial charge in [0.2, 0.25) is 0 Å². The standard InChI is InChI=1S/C10H17Cl/c1-9(2)8-10(11)6-4-3-5-7-10/h8H,3-7H2,1-2H3. The van der Waals surface area contributed by atoms with Crippen molar-refractivity contribution in [2.24, 2.45) is 0 Å². The van der Waals surface area contributed by atoms with E-state index in [0.29, 0.717) is 0 Å². The van der Waals surface area contributed by atoms with Gasteiger partial charge in [-0.15, -0.1) is 11.6 Å². The zero-order valence-corrected chi connectivity index (χ0v) is 8.25. The van der Waals surface area contributed by atoms with Gasteiger partial charge in [0.25, 0.3) is 0 Å². The summed E-state index contributed by atoms with van der Waals surface area (Å²) < 4.78 is 0. The molecule has 1 rings (SSSR count).